The number of nitrogens with one attached hydrogen (secondary N) is 1. The van der Waals surface area contributed by atoms with Crippen molar-refractivity contribution in [1.82, 2.24) is 10.2 Å². The van der Waals surface area contributed by atoms with E-state index in [1.54, 1.807) is 11.0 Å². The zero-order valence-corrected chi connectivity index (χ0v) is 8.96. The van der Waals surface area contributed by atoms with E-state index in [1.165, 1.54) is 12.8 Å². The quantitative estimate of drug-likeness (QED) is 0.686. The van der Waals surface area contributed by atoms with Gasteiger partial charge >= 0.3 is 6.03 Å². The summed E-state index contributed by atoms with van der Waals surface area (Å²) in [5.41, 5.74) is 0. The molecule has 2 amide bonds. The van der Waals surface area contributed by atoms with Crippen LogP contribution >= 0.6 is 0 Å². The molecule has 0 aromatic heterocycles. The molecule has 1 N–H and O–H groups in total. The molecule has 1 rings (SSSR count). The Hall–Kier alpha value is -0.990. The second-order valence-electron chi connectivity index (χ2n) is 3.76. The van der Waals surface area contributed by atoms with E-state index in [0.29, 0.717) is 12.6 Å². The summed E-state index contributed by atoms with van der Waals surface area (Å²) in [7, 11) is 0. The van der Waals surface area contributed by atoms with E-state index in [2.05, 4.69) is 11.9 Å². The minimum atomic E-state index is 0.0549. The molecule has 0 bridgehead atoms. The van der Waals surface area contributed by atoms with Crippen LogP contribution in [0.4, 0.5) is 4.79 Å². The number of hydrogen-bond donors (Lipinski definition) is 1. The molecule has 0 radical (unpaired) electrons. The summed E-state index contributed by atoms with van der Waals surface area (Å²) in [5.74, 6) is 0. The van der Waals surface area contributed by atoms with Crippen molar-refractivity contribution in [3.05, 3.63) is 12.7 Å². The van der Waals surface area contributed by atoms with Crippen LogP contribution in [0.1, 0.15) is 32.6 Å². The van der Waals surface area contributed by atoms with Gasteiger partial charge in [0.2, 0.25) is 0 Å². The molecular formula is C11H20N2O. The van der Waals surface area contributed by atoms with Crippen LogP contribution in [0, 0.1) is 0 Å². The number of carbonyl (C=O) groups excluding carboxylic acids is 1. The first-order valence-electron chi connectivity index (χ1n) is 5.44. The lowest BCUT2D eigenvalue weighted by molar-refractivity contribution is 0.202. The van der Waals surface area contributed by atoms with E-state index in [-0.39, 0.29) is 6.03 Å². The SMILES string of the molecule is C=CCN(CC)C(=O)NC1CCCC1. The fourth-order valence-corrected chi connectivity index (χ4v) is 1.85. The van der Waals surface area contributed by atoms with Gasteiger partial charge in [0, 0.05) is 19.1 Å². The summed E-state index contributed by atoms with van der Waals surface area (Å²) in [6.07, 6.45) is 6.53. The van der Waals surface area contributed by atoms with Crippen LogP contribution in [0.3, 0.4) is 0 Å². The fraction of sp³-hybridized carbons (Fsp3) is 0.727. The molecule has 1 aliphatic carbocycles. The van der Waals surface area contributed by atoms with Crippen molar-refractivity contribution in [3.8, 4) is 0 Å². The van der Waals surface area contributed by atoms with Crippen LogP contribution in [-0.2, 0) is 0 Å². The van der Waals surface area contributed by atoms with E-state index in [4.69, 9.17) is 0 Å². The van der Waals surface area contributed by atoms with Gasteiger partial charge in [0.15, 0.2) is 0 Å². The van der Waals surface area contributed by atoms with Crippen LogP contribution in [0.5, 0.6) is 0 Å². The highest BCUT2D eigenvalue weighted by Crippen LogP contribution is 2.17. The standard InChI is InChI=1S/C11H20N2O/c1-3-9-13(4-2)11(14)12-10-7-5-6-8-10/h3,10H,1,4-9H2,2H3,(H,12,14). The van der Waals surface area contributed by atoms with Gasteiger partial charge in [0.05, 0.1) is 0 Å². The lowest BCUT2D eigenvalue weighted by atomic mass is 10.2. The van der Waals surface area contributed by atoms with E-state index in [0.717, 1.165) is 19.4 Å². The molecule has 80 valence electrons. The van der Waals surface area contributed by atoms with Crippen molar-refractivity contribution in [3.63, 3.8) is 0 Å². The Labute approximate surface area is 86.2 Å². The smallest absolute Gasteiger partial charge is 0.317 e. The molecule has 0 unspecified atom stereocenters. The van der Waals surface area contributed by atoms with Crippen LogP contribution in [0.2, 0.25) is 0 Å². The van der Waals surface area contributed by atoms with Gasteiger partial charge < -0.3 is 10.2 Å². The van der Waals surface area contributed by atoms with Gasteiger partial charge in [-0.05, 0) is 19.8 Å². The third kappa shape index (κ3) is 3.05. The zero-order chi connectivity index (χ0) is 10.4. The van der Waals surface area contributed by atoms with Crippen LogP contribution in [0.15, 0.2) is 12.7 Å². The minimum absolute atomic E-state index is 0.0549. The average Bonchev–Trinajstić information content (AvgIpc) is 2.66. The Kier molecular flexibility index (Phi) is 4.50. The summed E-state index contributed by atoms with van der Waals surface area (Å²) < 4.78 is 0. The van der Waals surface area contributed by atoms with Crippen molar-refractivity contribution in [2.45, 2.75) is 38.6 Å². The maximum Gasteiger partial charge on any atom is 0.317 e. The van der Waals surface area contributed by atoms with Crippen LogP contribution in [0.25, 0.3) is 0 Å². The second kappa shape index (κ2) is 5.68. The van der Waals surface area contributed by atoms with Gasteiger partial charge in [0.25, 0.3) is 0 Å². The molecule has 1 saturated carbocycles. The number of likely N-dealkylation sites (N-methyl/N-ethyl adjacent to an activating group) is 1. The van der Waals surface area contributed by atoms with E-state index in [9.17, 15) is 4.79 Å². The van der Waals surface area contributed by atoms with Gasteiger partial charge in [-0.25, -0.2) is 4.79 Å². The largest absolute Gasteiger partial charge is 0.335 e. The Morgan fingerprint density at radius 2 is 2.21 bits per heavy atom. The summed E-state index contributed by atoms with van der Waals surface area (Å²) in [6.45, 7) is 7.00. The lowest BCUT2D eigenvalue weighted by Gasteiger charge is -2.22. The monoisotopic (exact) mass is 196 g/mol. The minimum Gasteiger partial charge on any atom is -0.335 e. The van der Waals surface area contributed by atoms with Crippen LogP contribution < -0.4 is 5.32 Å². The van der Waals surface area contributed by atoms with Gasteiger partial charge in [-0.2, -0.15) is 0 Å². The van der Waals surface area contributed by atoms with Gasteiger partial charge in [-0.1, -0.05) is 18.9 Å². The molecule has 1 aliphatic rings. The number of nitrogens with zero attached hydrogens (tertiary/aromatic N) is 1. The topological polar surface area (TPSA) is 32.3 Å². The number of urea groups is 1. The maximum absolute atomic E-state index is 11.7. The first kappa shape index (κ1) is 11.1. The number of amides is 2. The molecule has 0 aromatic carbocycles. The van der Waals surface area contributed by atoms with Crippen molar-refractivity contribution >= 4 is 6.03 Å². The molecule has 14 heavy (non-hydrogen) atoms. The lowest BCUT2D eigenvalue weighted by Crippen LogP contribution is -2.43. The van der Waals surface area contributed by atoms with Crippen molar-refractivity contribution in [2.24, 2.45) is 0 Å². The number of carbonyl (C=O) groups is 1. The Bertz CT molecular complexity index is 197. The van der Waals surface area contributed by atoms with E-state index < -0.39 is 0 Å². The molecule has 3 nitrogen and oxygen atoms in total. The van der Waals surface area contributed by atoms with Gasteiger partial charge in [-0.15, -0.1) is 6.58 Å². The highest BCUT2D eigenvalue weighted by Gasteiger charge is 2.19. The zero-order valence-electron chi connectivity index (χ0n) is 8.96. The van der Waals surface area contributed by atoms with E-state index in [1.807, 2.05) is 6.92 Å². The van der Waals surface area contributed by atoms with Gasteiger partial charge in [-0.3, -0.25) is 0 Å². The average molecular weight is 196 g/mol. The molecule has 0 aliphatic heterocycles. The highest BCUT2D eigenvalue weighted by atomic mass is 16.2. The molecule has 3 heteroatoms. The third-order valence-corrected chi connectivity index (χ3v) is 2.70. The Morgan fingerprint density at radius 3 is 2.71 bits per heavy atom. The third-order valence-electron chi connectivity index (χ3n) is 2.70. The molecule has 0 atom stereocenters. The summed E-state index contributed by atoms with van der Waals surface area (Å²) in [5, 5.41) is 3.05. The van der Waals surface area contributed by atoms with E-state index >= 15 is 0 Å². The first-order valence-corrected chi connectivity index (χ1v) is 5.44. The predicted octanol–water partition coefficient (Wildman–Crippen LogP) is 2.15. The molecule has 0 saturated heterocycles. The number of rotatable bonds is 4. The summed E-state index contributed by atoms with van der Waals surface area (Å²) >= 11 is 0. The first-order chi connectivity index (χ1) is 6.77. The maximum atomic E-state index is 11.7. The Morgan fingerprint density at radius 1 is 1.57 bits per heavy atom. The second-order valence-corrected chi connectivity index (χ2v) is 3.76. The van der Waals surface area contributed by atoms with Crippen molar-refractivity contribution < 1.29 is 4.79 Å². The molecule has 0 heterocycles. The molecule has 0 spiro atoms. The fourth-order valence-electron chi connectivity index (χ4n) is 1.85. The number of hydrogen-bond acceptors (Lipinski definition) is 1. The Balaban J connectivity index is 2.33. The molecule has 0 aromatic rings. The molecular weight excluding hydrogens is 176 g/mol. The molecule has 1 fully saturated rings. The van der Waals surface area contributed by atoms with Crippen molar-refractivity contribution in [1.29, 1.82) is 0 Å². The highest BCUT2D eigenvalue weighted by molar-refractivity contribution is 5.74. The van der Waals surface area contributed by atoms with Crippen molar-refractivity contribution in [2.75, 3.05) is 13.1 Å². The normalized spacial score (nSPS) is 16.6. The predicted molar refractivity (Wildman–Crippen MR) is 58.2 cm³/mol. The summed E-state index contributed by atoms with van der Waals surface area (Å²) in [4.78, 5) is 13.5. The summed E-state index contributed by atoms with van der Waals surface area (Å²) in [6, 6.07) is 0.459. The van der Waals surface area contributed by atoms with Crippen LogP contribution in [-0.4, -0.2) is 30.1 Å². The van der Waals surface area contributed by atoms with Gasteiger partial charge in [0.1, 0.15) is 0 Å².